The lowest BCUT2D eigenvalue weighted by molar-refractivity contribution is 0.0986. The van der Waals surface area contributed by atoms with E-state index in [4.69, 9.17) is 10.5 Å². The number of ketones is 1. The van der Waals surface area contributed by atoms with Crippen molar-refractivity contribution in [3.8, 4) is 5.88 Å². The number of carbonyl (C=O) groups excluding carboxylic acids is 1. The maximum absolute atomic E-state index is 14.4. The largest absolute Gasteiger partial charge is 0.480 e. The van der Waals surface area contributed by atoms with E-state index in [2.05, 4.69) is 15.0 Å². The van der Waals surface area contributed by atoms with E-state index in [0.29, 0.717) is 22.7 Å². The zero-order valence-electron chi connectivity index (χ0n) is 14.5. The highest BCUT2D eigenvalue weighted by atomic mass is 32.2. The topological polar surface area (TPSA) is 90.5 Å². The van der Waals surface area contributed by atoms with E-state index in [1.807, 2.05) is 6.92 Å². The lowest BCUT2D eigenvalue weighted by Crippen LogP contribution is -2.29. The molecule has 2 aromatic rings. The zero-order valence-corrected chi connectivity index (χ0v) is 15.3. The SMILES string of the molecule is COc1cncc(C(=O)Cc2ccc(F)c([C@]3(C)CCSC(N)=N3)c2)n1. The third-order valence-electron chi connectivity index (χ3n) is 4.28. The Morgan fingerprint density at radius 1 is 1.42 bits per heavy atom. The number of hydrogen-bond donors (Lipinski definition) is 1. The minimum Gasteiger partial charge on any atom is -0.480 e. The van der Waals surface area contributed by atoms with Crippen molar-refractivity contribution < 1.29 is 13.9 Å². The molecule has 26 heavy (non-hydrogen) atoms. The molecule has 0 unspecified atom stereocenters. The molecule has 136 valence electrons. The van der Waals surface area contributed by atoms with Crippen molar-refractivity contribution in [2.45, 2.75) is 25.3 Å². The molecular formula is C18H19FN4O2S. The summed E-state index contributed by atoms with van der Waals surface area (Å²) in [5, 5.41) is 0.450. The summed E-state index contributed by atoms with van der Waals surface area (Å²) in [4.78, 5) is 25.0. The number of thioether (sulfide) groups is 1. The normalized spacial score (nSPS) is 19.7. The van der Waals surface area contributed by atoms with Crippen molar-refractivity contribution in [3.05, 3.63) is 53.2 Å². The Morgan fingerprint density at radius 2 is 2.23 bits per heavy atom. The van der Waals surface area contributed by atoms with Crippen LogP contribution < -0.4 is 10.5 Å². The monoisotopic (exact) mass is 374 g/mol. The fourth-order valence-electron chi connectivity index (χ4n) is 2.83. The average molecular weight is 374 g/mol. The fraction of sp³-hybridized carbons (Fsp3) is 0.333. The third-order valence-corrected chi connectivity index (χ3v) is 5.07. The number of rotatable bonds is 5. The number of aliphatic imine (C=N–C) groups is 1. The fourth-order valence-corrected chi connectivity index (χ4v) is 3.81. The molecule has 0 bridgehead atoms. The maximum Gasteiger partial charge on any atom is 0.232 e. The number of aromatic nitrogens is 2. The lowest BCUT2D eigenvalue weighted by Gasteiger charge is -2.30. The summed E-state index contributed by atoms with van der Waals surface area (Å²) < 4.78 is 19.4. The summed E-state index contributed by atoms with van der Waals surface area (Å²) in [5.41, 5.74) is 6.44. The van der Waals surface area contributed by atoms with Crippen LogP contribution in [0.4, 0.5) is 4.39 Å². The number of hydrogen-bond acceptors (Lipinski definition) is 7. The van der Waals surface area contributed by atoms with Gasteiger partial charge in [-0.1, -0.05) is 17.8 Å². The van der Waals surface area contributed by atoms with Crippen molar-refractivity contribution in [2.75, 3.05) is 12.9 Å². The highest BCUT2D eigenvalue weighted by Gasteiger charge is 2.32. The van der Waals surface area contributed by atoms with Crippen LogP contribution in [0.15, 0.2) is 35.6 Å². The van der Waals surface area contributed by atoms with Gasteiger partial charge in [-0.2, -0.15) is 0 Å². The number of nitrogens with zero attached hydrogens (tertiary/aromatic N) is 3. The summed E-state index contributed by atoms with van der Waals surface area (Å²) in [6, 6.07) is 4.65. The first kappa shape index (κ1) is 18.3. The standard InChI is InChI=1S/C18H19FN4O2S/c1-18(5-6-26-17(20)23-18)12-7-11(3-4-13(12)19)8-15(24)14-9-21-10-16(22-14)25-2/h3-4,7,9-10H,5-6,8H2,1-2H3,(H2,20,23)/t18-/m0/s1. The van der Waals surface area contributed by atoms with E-state index in [0.717, 1.165) is 5.75 Å². The molecule has 0 saturated heterocycles. The highest BCUT2D eigenvalue weighted by molar-refractivity contribution is 8.13. The zero-order chi connectivity index (χ0) is 18.7. The van der Waals surface area contributed by atoms with Gasteiger partial charge in [-0.25, -0.2) is 9.37 Å². The molecule has 1 aromatic heterocycles. The Balaban J connectivity index is 1.88. The second-order valence-electron chi connectivity index (χ2n) is 6.18. The predicted molar refractivity (Wildman–Crippen MR) is 99.1 cm³/mol. The van der Waals surface area contributed by atoms with Crippen LogP contribution in [-0.2, 0) is 12.0 Å². The second-order valence-corrected chi connectivity index (χ2v) is 7.30. The molecule has 1 aliphatic heterocycles. The van der Waals surface area contributed by atoms with Crippen LogP contribution in [0.1, 0.15) is 35.0 Å². The van der Waals surface area contributed by atoms with Crippen LogP contribution >= 0.6 is 11.8 Å². The molecule has 0 aliphatic carbocycles. The number of carbonyl (C=O) groups is 1. The molecule has 3 rings (SSSR count). The average Bonchev–Trinajstić information content (AvgIpc) is 2.63. The van der Waals surface area contributed by atoms with Crippen LogP contribution in [0.5, 0.6) is 5.88 Å². The van der Waals surface area contributed by atoms with Gasteiger partial charge < -0.3 is 10.5 Å². The molecule has 0 amide bonds. The Bertz CT molecular complexity index is 874. The van der Waals surface area contributed by atoms with E-state index in [1.54, 1.807) is 12.1 Å². The van der Waals surface area contributed by atoms with Crippen molar-refractivity contribution in [2.24, 2.45) is 10.7 Å². The number of ether oxygens (including phenoxy) is 1. The van der Waals surface area contributed by atoms with Crippen molar-refractivity contribution >= 4 is 22.7 Å². The number of halogens is 1. The van der Waals surface area contributed by atoms with Crippen molar-refractivity contribution in [3.63, 3.8) is 0 Å². The number of nitrogens with two attached hydrogens (primary N) is 1. The molecule has 8 heteroatoms. The molecule has 1 atom stereocenters. The van der Waals surface area contributed by atoms with Crippen LogP contribution in [0, 0.1) is 5.82 Å². The Labute approximate surface area is 155 Å². The van der Waals surface area contributed by atoms with Gasteiger partial charge in [0.15, 0.2) is 11.0 Å². The van der Waals surface area contributed by atoms with Gasteiger partial charge in [0.2, 0.25) is 5.88 Å². The first-order chi connectivity index (χ1) is 12.4. The van der Waals surface area contributed by atoms with E-state index in [9.17, 15) is 9.18 Å². The quantitative estimate of drug-likeness (QED) is 0.809. The highest BCUT2D eigenvalue weighted by Crippen LogP contribution is 2.36. The third kappa shape index (κ3) is 3.85. The van der Waals surface area contributed by atoms with E-state index >= 15 is 0 Å². The first-order valence-electron chi connectivity index (χ1n) is 8.07. The van der Waals surface area contributed by atoms with E-state index in [1.165, 1.54) is 37.3 Å². The first-order valence-corrected chi connectivity index (χ1v) is 9.06. The molecule has 0 saturated carbocycles. The maximum atomic E-state index is 14.4. The van der Waals surface area contributed by atoms with Gasteiger partial charge in [-0.3, -0.25) is 14.8 Å². The molecule has 2 heterocycles. The van der Waals surface area contributed by atoms with E-state index in [-0.39, 0.29) is 29.6 Å². The molecule has 0 fully saturated rings. The van der Waals surface area contributed by atoms with Crippen LogP contribution in [-0.4, -0.2) is 33.8 Å². The Hall–Kier alpha value is -2.48. The second kappa shape index (κ2) is 7.41. The smallest absolute Gasteiger partial charge is 0.232 e. The molecule has 6 nitrogen and oxygen atoms in total. The number of methoxy groups -OCH3 is 1. The van der Waals surface area contributed by atoms with Gasteiger partial charge in [0.1, 0.15) is 11.5 Å². The molecule has 1 aliphatic rings. The van der Waals surface area contributed by atoms with Crippen molar-refractivity contribution in [1.82, 2.24) is 9.97 Å². The number of amidine groups is 1. The Morgan fingerprint density at radius 3 is 2.96 bits per heavy atom. The van der Waals surface area contributed by atoms with Crippen LogP contribution in [0.25, 0.3) is 0 Å². The van der Waals surface area contributed by atoms with Crippen LogP contribution in [0.2, 0.25) is 0 Å². The summed E-state index contributed by atoms with van der Waals surface area (Å²) in [6.07, 6.45) is 3.57. The minimum atomic E-state index is -0.728. The Kier molecular flexibility index (Phi) is 5.22. The van der Waals surface area contributed by atoms with Gasteiger partial charge >= 0.3 is 0 Å². The van der Waals surface area contributed by atoms with Gasteiger partial charge in [0.25, 0.3) is 0 Å². The minimum absolute atomic E-state index is 0.0825. The van der Waals surface area contributed by atoms with Gasteiger partial charge in [-0.05, 0) is 31.0 Å². The number of benzene rings is 1. The predicted octanol–water partition coefficient (Wildman–Crippen LogP) is 2.72. The summed E-state index contributed by atoms with van der Waals surface area (Å²) in [7, 11) is 1.46. The van der Waals surface area contributed by atoms with Crippen LogP contribution in [0.3, 0.4) is 0 Å². The molecular weight excluding hydrogens is 355 g/mol. The lowest BCUT2D eigenvalue weighted by atomic mass is 9.87. The summed E-state index contributed by atoms with van der Waals surface area (Å²) in [5.74, 6) is 0.468. The molecule has 0 spiro atoms. The van der Waals surface area contributed by atoms with Gasteiger partial charge in [0, 0.05) is 17.7 Å². The summed E-state index contributed by atoms with van der Waals surface area (Å²) in [6.45, 7) is 1.86. The summed E-state index contributed by atoms with van der Waals surface area (Å²) >= 11 is 1.46. The molecule has 1 aromatic carbocycles. The molecule has 2 N–H and O–H groups in total. The van der Waals surface area contributed by atoms with Crippen molar-refractivity contribution in [1.29, 1.82) is 0 Å². The van der Waals surface area contributed by atoms with Gasteiger partial charge in [-0.15, -0.1) is 0 Å². The van der Waals surface area contributed by atoms with Gasteiger partial charge in [0.05, 0.1) is 25.0 Å². The molecule has 0 radical (unpaired) electrons. The van der Waals surface area contributed by atoms with E-state index < -0.39 is 5.54 Å². The number of Topliss-reactive ketones (excluding diaryl/α,β-unsaturated/α-hetero) is 1.